The Morgan fingerprint density at radius 3 is 2.62 bits per heavy atom. The van der Waals surface area contributed by atoms with E-state index in [-0.39, 0.29) is 12.0 Å². The molecule has 2 amide bonds. The highest BCUT2D eigenvalue weighted by Gasteiger charge is 2.25. The molecule has 0 spiro atoms. The number of halogens is 1. The number of piperazine rings is 1. The van der Waals surface area contributed by atoms with Crippen molar-refractivity contribution in [3.63, 3.8) is 0 Å². The summed E-state index contributed by atoms with van der Waals surface area (Å²) in [5, 5.41) is 1.54. The molecule has 1 aromatic heterocycles. The van der Waals surface area contributed by atoms with Gasteiger partial charge in [-0.15, -0.1) is 0 Å². The third-order valence-corrected chi connectivity index (χ3v) is 4.55. The minimum atomic E-state index is -0.312. The normalized spacial score (nSPS) is 14.9. The molecule has 24 heavy (non-hydrogen) atoms. The lowest BCUT2D eigenvalue weighted by molar-refractivity contribution is -0.132. The van der Waals surface area contributed by atoms with Gasteiger partial charge in [0.05, 0.1) is 18.1 Å². The molecule has 2 heterocycles. The van der Waals surface area contributed by atoms with Crippen molar-refractivity contribution >= 4 is 34.5 Å². The standard InChI is InChI=1S/C17H20ClN3O3/c1-2-24-17(23)21-8-6-20(7-9-21)15(22)10-12-11-19-14-5-3-4-13(18)16(12)14/h3-5,11,19H,2,6-10H2,1H3. The fourth-order valence-electron chi connectivity index (χ4n) is 2.98. The number of hydrogen-bond acceptors (Lipinski definition) is 3. The maximum atomic E-state index is 12.6. The van der Waals surface area contributed by atoms with Crippen LogP contribution in [0.1, 0.15) is 12.5 Å². The molecule has 3 rings (SSSR count). The van der Waals surface area contributed by atoms with E-state index in [1.54, 1.807) is 16.7 Å². The summed E-state index contributed by atoms with van der Waals surface area (Å²) in [6.45, 7) is 4.18. The maximum absolute atomic E-state index is 12.6. The summed E-state index contributed by atoms with van der Waals surface area (Å²) < 4.78 is 4.99. The van der Waals surface area contributed by atoms with Crippen molar-refractivity contribution in [2.24, 2.45) is 0 Å². The second kappa shape index (κ2) is 7.13. The van der Waals surface area contributed by atoms with Gasteiger partial charge < -0.3 is 19.5 Å². The number of aromatic amines is 1. The molecule has 7 heteroatoms. The number of carbonyl (C=O) groups is 2. The summed E-state index contributed by atoms with van der Waals surface area (Å²) in [5.41, 5.74) is 1.82. The van der Waals surface area contributed by atoms with Crippen LogP contribution in [0, 0.1) is 0 Å². The lowest BCUT2D eigenvalue weighted by atomic mass is 10.1. The molecule has 2 aromatic rings. The Hall–Kier alpha value is -2.21. The number of amides is 2. The van der Waals surface area contributed by atoms with E-state index in [2.05, 4.69) is 4.98 Å². The first-order chi connectivity index (χ1) is 11.6. The second-order valence-electron chi connectivity index (χ2n) is 5.72. The largest absolute Gasteiger partial charge is 0.450 e. The van der Waals surface area contributed by atoms with Crippen molar-refractivity contribution in [3.05, 3.63) is 35.0 Å². The maximum Gasteiger partial charge on any atom is 0.409 e. The summed E-state index contributed by atoms with van der Waals surface area (Å²) in [6.07, 6.45) is 1.82. The van der Waals surface area contributed by atoms with Crippen LogP contribution in [0.15, 0.2) is 24.4 Å². The first-order valence-corrected chi connectivity index (χ1v) is 8.42. The van der Waals surface area contributed by atoms with Gasteiger partial charge >= 0.3 is 6.09 Å². The van der Waals surface area contributed by atoms with Crippen LogP contribution in [0.4, 0.5) is 4.79 Å². The number of fused-ring (bicyclic) bond motifs is 1. The Morgan fingerprint density at radius 1 is 1.21 bits per heavy atom. The average Bonchev–Trinajstić information content (AvgIpc) is 2.99. The van der Waals surface area contributed by atoms with Crippen molar-refractivity contribution in [2.45, 2.75) is 13.3 Å². The van der Waals surface area contributed by atoms with Crippen molar-refractivity contribution in [3.8, 4) is 0 Å². The van der Waals surface area contributed by atoms with Crippen LogP contribution in [0.25, 0.3) is 10.9 Å². The van der Waals surface area contributed by atoms with E-state index < -0.39 is 0 Å². The van der Waals surface area contributed by atoms with Gasteiger partial charge in [-0.05, 0) is 24.6 Å². The quantitative estimate of drug-likeness (QED) is 0.926. The number of benzene rings is 1. The lowest BCUT2D eigenvalue weighted by Crippen LogP contribution is -2.51. The van der Waals surface area contributed by atoms with Crippen molar-refractivity contribution in [2.75, 3.05) is 32.8 Å². The van der Waals surface area contributed by atoms with Crippen LogP contribution in [0.3, 0.4) is 0 Å². The molecule has 0 radical (unpaired) electrons. The van der Waals surface area contributed by atoms with Crippen LogP contribution in [0.2, 0.25) is 5.02 Å². The topological polar surface area (TPSA) is 65.6 Å². The van der Waals surface area contributed by atoms with Gasteiger partial charge in [0.25, 0.3) is 0 Å². The third kappa shape index (κ3) is 3.33. The molecule has 0 saturated carbocycles. The number of nitrogens with one attached hydrogen (secondary N) is 1. The Morgan fingerprint density at radius 2 is 1.92 bits per heavy atom. The zero-order valence-corrected chi connectivity index (χ0v) is 14.3. The van der Waals surface area contributed by atoms with E-state index in [0.717, 1.165) is 16.5 Å². The zero-order valence-electron chi connectivity index (χ0n) is 13.5. The van der Waals surface area contributed by atoms with E-state index in [1.807, 2.05) is 24.4 Å². The van der Waals surface area contributed by atoms with Gasteiger partial charge in [-0.1, -0.05) is 17.7 Å². The van der Waals surface area contributed by atoms with Gasteiger partial charge in [-0.2, -0.15) is 0 Å². The van der Waals surface area contributed by atoms with Gasteiger partial charge in [-0.3, -0.25) is 4.79 Å². The van der Waals surface area contributed by atoms with E-state index in [0.29, 0.717) is 44.2 Å². The Labute approximate surface area is 145 Å². The molecule has 0 bridgehead atoms. The summed E-state index contributed by atoms with van der Waals surface area (Å²) in [5.74, 6) is 0.0410. The van der Waals surface area contributed by atoms with Crippen molar-refractivity contribution in [1.82, 2.24) is 14.8 Å². The minimum absolute atomic E-state index is 0.0410. The van der Waals surface area contributed by atoms with Crippen LogP contribution in [-0.4, -0.2) is 59.6 Å². The Bertz CT molecular complexity index is 751. The number of H-pyrrole nitrogens is 1. The van der Waals surface area contributed by atoms with Crippen molar-refractivity contribution < 1.29 is 14.3 Å². The smallest absolute Gasteiger partial charge is 0.409 e. The molecular weight excluding hydrogens is 330 g/mol. The Kier molecular flexibility index (Phi) is 4.94. The van der Waals surface area contributed by atoms with Gasteiger partial charge in [0.1, 0.15) is 0 Å². The monoisotopic (exact) mass is 349 g/mol. The van der Waals surface area contributed by atoms with Crippen LogP contribution in [0.5, 0.6) is 0 Å². The molecule has 0 unspecified atom stereocenters. The molecule has 1 saturated heterocycles. The van der Waals surface area contributed by atoms with Gasteiger partial charge in [0, 0.05) is 43.3 Å². The van der Waals surface area contributed by atoms with Gasteiger partial charge in [-0.25, -0.2) is 4.79 Å². The van der Waals surface area contributed by atoms with Crippen LogP contribution >= 0.6 is 11.6 Å². The fraction of sp³-hybridized carbons (Fsp3) is 0.412. The fourth-order valence-corrected chi connectivity index (χ4v) is 3.27. The molecule has 0 aliphatic carbocycles. The summed E-state index contributed by atoms with van der Waals surface area (Å²) in [7, 11) is 0. The molecular formula is C17H20ClN3O3. The van der Waals surface area contributed by atoms with Gasteiger partial charge in [0.15, 0.2) is 0 Å². The van der Waals surface area contributed by atoms with E-state index in [4.69, 9.17) is 16.3 Å². The highest BCUT2D eigenvalue weighted by atomic mass is 35.5. The van der Waals surface area contributed by atoms with E-state index >= 15 is 0 Å². The number of nitrogens with zero attached hydrogens (tertiary/aromatic N) is 2. The molecule has 6 nitrogen and oxygen atoms in total. The SMILES string of the molecule is CCOC(=O)N1CCN(C(=O)Cc2c[nH]c3cccc(Cl)c23)CC1. The summed E-state index contributed by atoms with van der Waals surface area (Å²) in [6, 6.07) is 5.64. The highest BCUT2D eigenvalue weighted by Crippen LogP contribution is 2.27. The number of rotatable bonds is 3. The molecule has 0 atom stereocenters. The molecule has 1 aliphatic heterocycles. The summed E-state index contributed by atoms with van der Waals surface area (Å²) >= 11 is 6.25. The lowest BCUT2D eigenvalue weighted by Gasteiger charge is -2.34. The molecule has 1 aromatic carbocycles. The molecule has 1 aliphatic rings. The molecule has 1 N–H and O–H groups in total. The zero-order chi connectivity index (χ0) is 17.1. The molecule has 1 fully saturated rings. The predicted octanol–water partition coefficient (Wildman–Crippen LogP) is 2.66. The first kappa shape index (κ1) is 16.6. The van der Waals surface area contributed by atoms with Crippen LogP contribution in [-0.2, 0) is 16.0 Å². The Balaban J connectivity index is 1.63. The highest BCUT2D eigenvalue weighted by molar-refractivity contribution is 6.35. The van der Waals surface area contributed by atoms with Crippen LogP contribution < -0.4 is 0 Å². The van der Waals surface area contributed by atoms with Gasteiger partial charge in [0.2, 0.25) is 5.91 Å². The number of ether oxygens (including phenoxy) is 1. The summed E-state index contributed by atoms with van der Waals surface area (Å²) in [4.78, 5) is 30.8. The minimum Gasteiger partial charge on any atom is -0.450 e. The van der Waals surface area contributed by atoms with Crippen molar-refractivity contribution in [1.29, 1.82) is 0 Å². The van der Waals surface area contributed by atoms with E-state index in [9.17, 15) is 9.59 Å². The molecule has 128 valence electrons. The number of hydrogen-bond donors (Lipinski definition) is 1. The number of aromatic nitrogens is 1. The van der Waals surface area contributed by atoms with E-state index in [1.165, 1.54) is 0 Å². The predicted molar refractivity (Wildman–Crippen MR) is 92.2 cm³/mol. The number of carbonyl (C=O) groups excluding carboxylic acids is 2. The average molecular weight is 350 g/mol. The second-order valence-corrected chi connectivity index (χ2v) is 6.13. The third-order valence-electron chi connectivity index (χ3n) is 4.24. The first-order valence-electron chi connectivity index (χ1n) is 8.04.